The third-order valence-corrected chi connectivity index (χ3v) is 11.7. The van der Waals surface area contributed by atoms with Gasteiger partial charge in [0.15, 0.2) is 5.82 Å². The van der Waals surface area contributed by atoms with Crippen LogP contribution in [0.3, 0.4) is 0 Å². The lowest BCUT2D eigenvalue weighted by Crippen LogP contribution is -2.57. The Balaban J connectivity index is 1.14. The van der Waals surface area contributed by atoms with Gasteiger partial charge in [-0.3, -0.25) is 9.59 Å². The molecule has 4 aromatic rings. The van der Waals surface area contributed by atoms with Crippen molar-refractivity contribution in [1.82, 2.24) is 24.8 Å². The van der Waals surface area contributed by atoms with Crippen LogP contribution in [0.2, 0.25) is 0 Å². The van der Waals surface area contributed by atoms with Crippen molar-refractivity contribution in [3.63, 3.8) is 0 Å². The number of hydrogen-bond donors (Lipinski definition) is 2. The minimum atomic E-state index is -0.725. The summed E-state index contributed by atoms with van der Waals surface area (Å²) in [5.74, 6) is 0.527. The summed E-state index contributed by atoms with van der Waals surface area (Å²) >= 11 is 0. The molecule has 0 spiro atoms. The van der Waals surface area contributed by atoms with Crippen molar-refractivity contribution in [3.05, 3.63) is 65.5 Å². The highest BCUT2D eigenvalue weighted by atomic mass is 19.1. The molecule has 2 amide bonds. The van der Waals surface area contributed by atoms with E-state index < -0.39 is 17.6 Å². The number of carbonyl (C=O) groups excluding carboxylic acids is 2. The van der Waals surface area contributed by atoms with Crippen molar-refractivity contribution < 1.29 is 14.0 Å². The SMILES string of the molecule is Cc1ccc(Nc2nc(-c3ccc4c(c3)N([C@H]3C[C@@H](N5CCCCC5)C3)C(=O)C4(C)C)cc3ncn(C(C)C)c23)cc1C(=O)NC1(CF)CC1. The molecular formula is C40H48FN7O2. The van der Waals surface area contributed by atoms with Gasteiger partial charge >= 0.3 is 0 Å². The van der Waals surface area contributed by atoms with E-state index in [0.717, 1.165) is 51.9 Å². The zero-order chi connectivity index (χ0) is 34.9. The molecule has 2 N–H and O–H groups in total. The first-order valence-corrected chi connectivity index (χ1v) is 18.3. The van der Waals surface area contributed by atoms with Crippen molar-refractivity contribution in [2.75, 3.05) is 30.0 Å². The van der Waals surface area contributed by atoms with Crippen LogP contribution in [0, 0.1) is 6.92 Å². The summed E-state index contributed by atoms with van der Waals surface area (Å²) in [5, 5.41) is 6.42. The maximum absolute atomic E-state index is 14.0. The van der Waals surface area contributed by atoms with Crippen LogP contribution in [-0.2, 0) is 10.2 Å². The topological polar surface area (TPSA) is 95.4 Å². The molecule has 0 bridgehead atoms. The number of hydrogen-bond acceptors (Lipinski definition) is 6. The summed E-state index contributed by atoms with van der Waals surface area (Å²) in [5.41, 5.74) is 6.07. The molecule has 9 nitrogen and oxygen atoms in total. The van der Waals surface area contributed by atoms with Crippen LogP contribution in [0.5, 0.6) is 0 Å². The van der Waals surface area contributed by atoms with Crippen LogP contribution >= 0.6 is 0 Å². The standard InChI is InChI=1S/C40H48FN7O2/c1-24(2)47-23-42-33-21-32(44-36(35(33)47)43-27-11-9-25(3)30(18-27)37(49)45-40(22-41)13-14-40)26-10-12-31-34(17-26)48(38(50)39(31,4)5)29-19-28(20-29)46-15-7-6-8-16-46/h9-12,17-18,21,23-24,28-29H,6-8,13-16,19-20,22H2,1-5H3,(H,43,44)(H,45,49)/t28-,29+. The zero-order valence-corrected chi connectivity index (χ0v) is 29.9. The summed E-state index contributed by atoms with van der Waals surface area (Å²) in [7, 11) is 0. The molecule has 2 aliphatic heterocycles. The summed E-state index contributed by atoms with van der Waals surface area (Å²) in [6.07, 6.45) is 9.05. The summed E-state index contributed by atoms with van der Waals surface area (Å²) in [6.45, 7) is 12.0. The zero-order valence-electron chi connectivity index (χ0n) is 29.9. The van der Waals surface area contributed by atoms with Gasteiger partial charge < -0.3 is 25.0 Å². The van der Waals surface area contributed by atoms with Crippen LogP contribution in [0.15, 0.2) is 48.8 Å². The smallest absolute Gasteiger partial charge is 0.252 e. The number of anilines is 3. The number of alkyl halides is 1. The summed E-state index contributed by atoms with van der Waals surface area (Å²) in [6, 6.07) is 14.9. The first-order valence-electron chi connectivity index (χ1n) is 18.3. The maximum Gasteiger partial charge on any atom is 0.252 e. The van der Waals surface area contributed by atoms with Gasteiger partial charge in [-0.15, -0.1) is 0 Å². The molecule has 2 aromatic carbocycles. The molecule has 0 atom stereocenters. The largest absolute Gasteiger partial charge is 0.344 e. The predicted molar refractivity (Wildman–Crippen MR) is 196 cm³/mol. The quantitative estimate of drug-likeness (QED) is 0.190. The molecule has 4 heterocycles. The second-order valence-corrected chi connectivity index (χ2v) is 15.9. The number of nitrogens with one attached hydrogen (secondary N) is 2. The number of carbonyl (C=O) groups is 2. The van der Waals surface area contributed by atoms with Crippen LogP contribution < -0.4 is 15.5 Å². The van der Waals surface area contributed by atoms with Crippen LogP contribution in [0.1, 0.15) is 100 Å². The number of fused-ring (bicyclic) bond motifs is 2. The first-order chi connectivity index (χ1) is 24.0. The lowest BCUT2D eigenvalue weighted by atomic mass is 9.82. The number of nitrogens with zero attached hydrogens (tertiary/aromatic N) is 5. The lowest BCUT2D eigenvalue weighted by Gasteiger charge is -2.48. The maximum atomic E-state index is 14.0. The molecule has 1 saturated heterocycles. The molecule has 10 heteroatoms. The highest BCUT2D eigenvalue weighted by Crippen LogP contribution is 2.48. The fraction of sp³-hybridized carbons (Fsp3) is 0.500. The minimum absolute atomic E-state index is 0.140. The van der Waals surface area contributed by atoms with E-state index in [1.54, 1.807) is 0 Å². The number of benzene rings is 2. The normalized spacial score (nSPS) is 22.5. The molecule has 50 heavy (non-hydrogen) atoms. The number of halogens is 1. The van der Waals surface area contributed by atoms with Gasteiger partial charge in [0, 0.05) is 40.6 Å². The summed E-state index contributed by atoms with van der Waals surface area (Å²) in [4.78, 5) is 41.9. The second kappa shape index (κ2) is 12.2. The summed E-state index contributed by atoms with van der Waals surface area (Å²) < 4.78 is 15.7. The van der Waals surface area contributed by atoms with Crippen molar-refractivity contribution >= 4 is 40.0 Å². The van der Waals surface area contributed by atoms with Crippen molar-refractivity contribution in [2.24, 2.45) is 0 Å². The molecule has 2 aliphatic carbocycles. The van der Waals surface area contributed by atoms with Gasteiger partial charge in [0.25, 0.3) is 5.91 Å². The number of rotatable bonds is 9. The van der Waals surface area contributed by atoms with Gasteiger partial charge in [-0.05, 0) is 122 Å². The van der Waals surface area contributed by atoms with E-state index in [1.807, 2.05) is 51.4 Å². The number of aromatic nitrogens is 3. The second-order valence-electron chi connectivity index (χ2n) is 15.9. The van der Waals surface area contributed by atoms with Gasteiger partial charge in [-0.25, -0.2) is 14.4 Å². The van der Waals surface area contributed by atoms with E-state index in [-0.39, 0.29) is 23.9 Å². The third-order valence-electron chi connectivity index (χ3n) is 11.7. The number of imidazole rings is 1. The van der Waals surface area contributed by atoms with E-state index in [9.17, 15) is 14.0 Å². The first kappa shape index (κ1) is 32.9. The molecule has 262 valence electrons. The fourth-order valence-electron chi connectivity index (χ4n) is 8.18. The van der Waals surface area contributed by atoms with Gasteiger partial charge in [0.2, 0.25) is 5.91 Å². The Bertz CT molecular complexity index is 1980. The third kappa shape index (κ3) is 5.56. The molecule has 8 rings (SSSR count). The van der Waals surface area contributed by atoms with Crippen LogP contribution in [-0.4, -0.2) is 68.6 Å². The fourth-order valence-corrected chi connectivity index (χ4v) is 8.18. The van der Waals surface area contributed by atoms with E-state index in [0.29, 0.717) is 36.0 Å². The lowest BCUT2D eigenvalue weighted by molar-refractivity contribution is -0.123. The Labute approximate surface area is 293 Å². The number of aryl methyl sites for hydroxylation is 1. The number of pyridine rings is 1. The molecule has 0 unspecified atom stereocenters. The molecular weight excluding hydrogens is 629 g/mol. The van der Waals surface area contributed by atoms with E-state index in [4.69, 9.17) is 9.97 Å². The van der Waals surface area contributed by atoms with E-state index in [2.05, 4.69) is 57.0 Å². The Morgan fingerprint density at radius 1 is 1.02 bits per heavy atom. The average Bonchev–Trinajstić information content (AvgIpc) is 3.67. The number of piperidine rings is 1. The van der Waals surface area contributed by atoms with Crippen LogP contribution in [0.25, 0.3) is 22.3 Å². The van der Waals surface area contributed by atoms with Crippen molar-refractivity contribution in [3.8, 4) is 11.3 Å². The Morgan fingerprint density at radius 3 is 2.48 bits per heavy atom. The Morgan fingerprint density at radius 2 is 1.78 bits per heavy atom. The van der Waals surface area contributed by atoms with Crippen LogP contribution in [0.4, 0.5) is 21.6 Å². The van der Waals surface area contributed by atoms with Crippen molar-refractivity contribution in [1.29, 1.82) is 0 Å². The Kier molecular flexibility index (Phi) is 8.01. The highest BCUT2D eigenvalue weighted by molar-refractivity contribution is 6.09. The number of amides is 2. The Hall–Kier alpha value is -4.31. The predicted octanol–water partition coefficient (Wildman–Crippen LogP) is 7.60. The van der Waals surface area contributed by atoms with Gasteiger partial charge in [0.1, 0.15) is 12.2 Å². The van der Waals surface area contributed by atoms with Gasteiger partial charge in [-0.1, -0.05) is 24.6 Å². The monoisotopic (exact) mass is 677 g/mol. The van der Waals surface area contributed by atoms with E-state index in [1.165, 1.54) is 32.4 Å². The van der Waals surface area contributed by atoms with E-state index >= 15 is 0 Å². The molecule has 2 aromatic heterocycles. The molecule has 3 fully saturated rings. The molecule has 2 saturated carbocycles. The minimum Gasteiger partial charge on any atom is -0.344 e. The highest BCUT2D eigenvalue weighted by Gasteiger charge is 2.50. The number of likely N-dealkylation sites (tertiary alicyclic amines) is 1. The van der Waals surface area contributed by atoms with Gasteiger partial charge in [-0.2, -0.15) is 0 Å². The average molecular weight is 678 g/mol. The molecule has 4 aliphatic rings. The molecule has 0 radical (unpaired) electrons. The van der Waals surface area contributed by atoms with Gasteiger partial charge in [0.05, 0.1) is 28.5 Å². The van der Waals surface area contributed by atoms with Crippen molar-refractivity contribution in [2.45, 2.75) is 109 Å².